The molecular weight excluding hydrogens is 318 g/mol. The zero-order valence-corrected chi connectivity index (χ0v) is 13.6. The number of pyridine rings is 2. The summed E-state index contributed by atoms with van der Waals surface area (Å²) in [6.45, 7) is 0.317. The lowest BCUT2D eigenvalue weighted by atomic mass is 10.0. The molecule has 0 fully saturated rings. The van der Waals surface area contributed by atoms with E-state index in [0.717, 1.165) is 5.69 Å². The number of aliphatic hydroxyl groups excluding tert-OH is 1. The van der Waals surface area contributed by atoms with Crippen LogP contribution in [0.25, 0.3) is 5.82 Å². The molecule has 0 aliphatic rings. The van der Waals surface area contributed by atoms with Crippen molar-refractivity contribution in [1.29, 1.82) is 0 Å². The van der Waals surface area contributed by atoms with Gasteiger partial charge in [-0.2, -0.15) is 5.10 Å². The Balaban J connectivity index is 1.61. The van der Waals surface area contributed by atoms with Gasteiger partial charge in [0.1, 0.15) is 5.69 Å². The number of amides is 1. The molecule has 3 rings (SSSR count). The molecule has 0 saturated heterocycles. The van der Waals surface area contributed by atoms with Crippen LogP contribution in [0.3, 0.4) is 0 Å². The third kappa shape index (κ3) is 4.48. The molecule has 3 aromatic heterocycles. The van der Waals surface area contributed by atoms with Gasteiger partial charge in [-0.15, -0.1) is 0 Å². The van der Waals surface area contributed by atoms with Gasteiger partial charge in [-0.05, 0) is 36.8 Å². The highest BCUT2D eigenvalue weighted by Crippen LogP contribution is 2.07. The Morgan fingerprint density at radius 1 is 1.16 bits per heavy atom. The van der Waals surface area contributed by atoms with Crippen molar-refractivity contribution in [1.82, 2.24) is 25.1 Å². The number of rotatable bonds is 7. The quantitative estimate of drug-likeness (QED) is 0.677. The summed E-state index contributed by atoms with van der Waals surface area (Å²) in [6, 6.07) is 12.6. The van der Waals surface area contributed by atoms with Crippen molar-refractivity contribution in [2.75, 3.05) is 13.2 Å². The molecule has 0 aliphatic heterocycles. The molecule has 2 N–H and O–H groups in total. The van der Waals surface area contributed by atoms with Gasteiger partial charge in [0.2, 0.25) is 0 Å². The molecule has 0 radical (unpaired) electrons. The van der Waals surface area contributed by atoms with Crippen molar-refractivity contribution in [3.8, 4) is 5.82 Å². The summed E-state index contributed by atoms with van der Waals surface area (Å²) >= 11 is 0. The van der Waals surface area contributed by atoms with Crippen molar-refractivity contribution < 1.29 is 9.90 Å². The van der Waals surface area contributed by atoms with Gasteiger partial charge in [0, 0.05) is 43.4 Å². The lowest BCUT2D eigenvalue weighted by Gasteiger charge is -2.14. The average molecular weight is 337 g/mol. The number of nitrogens with zero attached hydrogens (tertiary/aromatic N) is 4. The van der Waals surface area contributed by atoms with Crippen LogP contribution in [0.15, 0.2) is 61.1 Å². The minimum absolute atomic E-state index is 0.0301. The second-order valence-corrected chi connectivity index (χ2v) is 5.62. The average Bonchev–Trinajstić information content (AvgIpc) is 3.20. The van der Waals surface area contributed by atoms with E-state index in [1.165, 1.54) is 0 Å². The number of hydrogen-bond acceptors (Lipinski definition) is 5. The maximum absolute atomic E-state index is 12.3. The van der Waals surface area contributed by atoms with Crippen LogP contribution in [-0.4, -0.2) is 43.9 Å². The van der Waals surface area contributed by atoms with Gasteiger partial charge in [-0.3, -0.25) is 9.78 Å². The standard InChI is InChI=1S/C18H19N5O2/c24-13-14(11-15-5-1-2-8-19-15)12-20-18(25)16-6-3-7-17(22-16)23-10-4-9-21-23/h1-10,14,24H,11-13H2,(H,20,25). The normalized spacial score (nSPS) is 11.9. The van der Waals surface area contributed by atoms with Crippen LogP contribution in [0.5, 0.6) is 0 Å². The van der Waals surface area contributed by atoms with E-state index in [9.17, 15) is 9.90 Å². The lowest BCUT2D eigenvalue weighted by molar-refractivity contribution is 0.0934. The lowest BCUT2D eigenvalue weighted by Crippen LogP contribution is -2.32. The molecule has 0 spiro atoms. The molecule has 3 heterocycles. The molecule has 0 bridgehead atoms. The fraction of sp³-hybridized carbons (Fsp3) is 0.222. The fourth-order valence-electron chi connectivity index (χ4n) is 2.43. The van der Waals surface area contributed by atoms with E-state index >= 15 is 0 Å². The number of carbonyl (C=O) groups is 1. The smallest absolute Gasteiger partial charge is 0.269 e. The van der Waals surface area contributed by atoms with E-state index in [1.807, 2.05) is 18.2 Å². The molecule has 0 aliphatic carbocycles. The van der Waals surface area contributed by atoms with Crippen LogP contribution < -0.4 is 5.32 Å². The summed E-state index contributed by atoms with van der Waals surface area (Å²) in [5.41, 5.74) is 1.19. The first-order valence-corrected chi connectivity index (χ1v) is 8.02. The summed E-state index contributed by atoms with van der Waals surface area (Å²) < 4.78 is 1.59. The van der Waals surface area contributed by atoms with Gasteiger partial charge < -0.3 is 10.4 Å². The highest BCUT2D eigenvalue weighted by atomic mass is 16.3. The van der Waals surface area contributed by atoms with Crippen LogP contribution in [0.2, 0.25) is 0 Å². The summed E-state index contributed by atoms with van der Waals surface area (Å²) in [5.74, 6) is 0.187. The van der Waals surface area contributed by atoms with Gasteiger partial charge in [0.05, 0.1) is 0 Å². The van der Waals surface area contributed by atoms with Gasteiger partial charge in [0.25, 0.3) is 5.91 Å². The Labute approximate surface area is 145 Å². The number of nitrogens with one attached hydrogen (secondary N) is 1. The van der Waals surface area contributed by atoms with Crippen molar-refractivity contribution >= 4 is 5.91 Å². The third-order valence-corrected chi connectivity index (χ3v) is 3.74. The largest absolute Gasteiger partial charge is 0.396 e. The molecule has 1 amide bonds. The van der Waals surface area contributed by atoms with Crippen LogP contribution >= 0.6 is 0 Å². The van der Waals surface area contributed by atoms with E-state index in [-0.39, 0.29) is 18.4 Å². The molecule has 3 aromatic rings. The van der Waals surface area contributed by atoms with Crippen LogP contribution in [0.1, 0.15) is 16.2 Å². The Hall–Kier alpha value is -3.06. The zero-order chi connectivity index (χ0) is 17.5. The molecular formula is C18H19N5O2. The number of carbonyl (C=O) groups excluding carboxylic acids is 1. The minimum Gasteiger partial charge on any atom is -0.396 e. The predicted octanol–water partition coefficient (Wildman–Crippen LogP) is 1.24. The molecule has 0 saturated carbocycles. The summed E-state index contributed by atoms with van der Waals surface area (Å²) in [5, 5.41) is 16.5. The number of hydrogen-bond donors (Lipinski definition) is 2. The van der Waals surface area contributed by atoms with E-state index in [1.54, 1.807) is 47.5 Å². The minimum atomic E-state index is -0.284. The van der Waals surface area contributed by atoms with E-state index in [0.29, 0.717) is 24.5 Å². The molecule has 1 atom stereocenters. The first-order valence-electron chi connectivity index (χ1n) is 8.02. The highest BCUT2D eigenvalue weighted by molar-refractivity contribution is 5.92. The first-order chi connectivity index (χ1) is 12.3. The van der Waals surface area contributed by atoms with Crippen LogP contribution in [0, 0.1) is 5.92 Å². The Bertz CT molecular complexity index is 805. The highest BCUT2D eigenvalue weighted by Gasteiger charge is 2.14. The summed E-state index contributed by atoms with van der Waals surface area (Å²) in [6.07, 6.45) is 5.72. The van der Waals surface area contributed by atoms with Gasteiger partial charge in [0.15, 0.2) is 5.82 Å². The van der Waals surface area contributed by atoms with Crippen molar-refractivity contribution in [3.63, 3.8) is 0 Å². The van der Waals surface area contributed by atoms with Gasteiger partial charge in [-0.1, -0.05) is 12.1 Å². The van der Waals surface area contributed by atoms with E-state index in [2.05, 4.69) is 20.4 Å². The maximum Gasteiger partial charge on any atom is 0.269 e. The zero-order valence-electron chi connectivity index (χ0n) is 13.6. The van der Waals surface area contributed by atoms with Crippen LogP contribution in [-0.2, 0) is 6.42 Å². The van der Waals surface area contributed by atoms with E-state index in [4.69, 9.17) is 0 Å². The second-order valence-electron chi connectivity index (χ2n) is 5.62. The van der Waals surface area contributed by atoms with Crippen molar-refractivity contribution in [2.24, 2.45) is 5.92 Å². The van der Waals surface area contributed by atoms with Crippen LogP contribution in [0.4, 0.5) is 0 Å². The molecule has 128 valence electrons. The molecule has 0 aromatic carbocycles. The number of aromatic nitrogens is 4. The summed E-state index contributed by atoms with van der Waals surface area (Å²) in [4.78, 5) is 20.9. The first kappa shape index (κ1) is 16.8. The van der Waals surface area contributed by atoms with Crippen molar-refractivity contribution in [2.45, 2.75) is 6.42 Å². The fourth-order valence-corrected chi connectivity index (χ4v) is 2.43. The Kier molecular flexibility index (Phi) is 5.48. The number of aliphatic hydroxyl groups is 1. The predicted molar refractivity (Wildman–Crippen MR) is 92.2 cm³/mol. The van der Waals surface area contributed by atoms with Gasteiger partial charge in [-0.25, -0.2) is 9.67 Å². The molecule has 7 heteroatoms. The summed E-state index contributed by atoms with van der Waals surface area (Å²) in [7, 11) is 0. The third-order valence-electron chi connectivity index (χ3n) is 3.74. The SMILES string of the molecule is O=C(NCC(CO)Cc1ccccn1)c1cccc(-n2cccn2)n1. The Morgan fingerprint density at radius 2 is 2.08 bits per heavy atom. The molecule has 7 nitrogen and oxygen atoms in total. The molecule has 25 heavy (non-hydrogen) atoms. The Morgan fingerprint density at radius 3 is 2.80 bits per heavy atom. The van der Waals surface area contributed by atoms with Gasteiger partial charge >= 0.3 is 0 Å². The van der Waals surface area contributed by atoms with Crippen molar-refractivity contribution in [3.05, 3.63) is 72.4 Å². The monoisotopic (exact) mass is 337 g/mol. The van der Waals surface area contributed by atoms with E-state index < -0.39 is 0 Å². The maximum atomic E-state index is 12.3. The topological polar surface area (TPSA) is 92.9 Å². The molecule has 1 unspecified atom stereocenters. The second kappa shape index (κ2) is 8.16.